The van der Waals surface area contributed by atoms with E-state index < -0.39 is 0 Å². The zero-order valence-corrected chi connectivity index (χ0v) is 14.5. The number of carbonyl (C=O) groups is 1. The number of carbonyl (C=O) groups excluding carboxylic acids is 1. The topological polar surface area (TPSA) is 88.5 Å². The number of nitrogens with zero attached hydrogens (tertiary/aromatic N) is 4. The molecule has 2 aromatic heterocycles. The molecule has 7 nitrogen and oxygen atoms in total. The number of amides is 1. The van der Waals surface area contributed by atoms with Gasteiger partial charge in [0.2, 0.25) is 5.91 Å². The molecule has 2 aromatic carbocycles. The van der Waals surface area contributed by atoms with Gasteiger partial charge >= 0.3 is 0 Å². The number of H-pyrrole nitrogens is 1. The van der Waals surface area contributed by atoms with Crippen LogP contribution in [-0.4, -0.2) is 31.1 Å². The van der Waals surface area contributed by atoms with Crippen LogP contribution in [0.2, 0.25) is 0 Å². The summed E-state index contributed by atoms with van der Waals surface area (Å²) in [5, 5.41) is 15.5. The maximum Gasteiger partial charge on any atom is 0.228 e. The van der Waals surface area contributed by atoms with E-state index >= 15 is 0 Å². The van der Waals surface area contributed by atoms with Crippen LogP contribution in [0.5, 0.6) is 0 Å². The fourth-order valence-corrected chi connectivity index (χ4v) is 3.14. The van der Waals surface area contributed by atoms with E-state index in [9.17, 15) is 4.79 Å². The highest BCUT2D eigenvalue weighted by atomic mass is 16.1. The van der Waals surface area contributed by atoms with Crippen LogP contribution in [0.4, 0.5) is 5.69 Å². The molecule has 0 unspecified atom stereocenters. The van der Waals surface area contributed by atoms with Crippen molar-refractivity contribution in [1.82, 2.24) is 25.2 Å². The number of aromatic amines is 1. The number of fused-ring (bicyclic) bond motifs is 1. The number of rotatable bonds is 4. The molecule has 0 aliphatic carbocycles. The van der Waals surface area contributed by atoms with Crippen molar-refractivity contribution in [3.8, 4) is 11.4 Å². The number of benzene rings is 2. The van der Waals surface area contributed by atoms with Gasteiger partial charge in [-0.15, -0.1) is 5.10 Å². The Kier molecular flexibility index (Phi) is 3.96. The lowest BCUT2D eigenvalue weighted by Crippen LogP contribution is -2.14. The average Bonchev–Trinajstić information content (AvgIpc) is 3.19. The highest BCUT2D eigenvalue weighted by Gasteiger charge is 2.13. The molecule has 4 rings (SSSR count). The van der Waals surface area contributed by atoms with Gasteiger partial charge in [0.1, 0.15) is 0 Å². The molecule has 0 saturated heterocycles. The van der Waals surface area contributed by atoms with Gasteiger partial charge in [-0.1, -0.05) is 30.3 Å². The smallest absolute Gasteiger partial charge is 0.228 e. The third-order valence-corrected chi connectivity index (χ3v) is 4.39. The largest absolute Gasteiger partial charge is 0.358 e. The van der Waals surface area contributed by atoms with E-state index in [0.29, 0.717) is 17.9 Å². The number of para-hydroxylation sites is 1. The van der Waals surface area contributed by atoms with Crippen LogP contribution < -0.4 is 5.32 Å². The molecule has 0 bridgehead atoms. The van der Waals surface area contributed by atoms with E-state index in [1.807, 2.05) is 55.5 Å². The van der Waals surface area contributed by atoms with Gasteiger partial charge in [0.15, 0.2) is 5.82 Å². The fourth-order valence-electron chi connectivity index (χ4n) is 3.14. The van der Waals surface area contributed by atoms with Gasteiger partial charge in [0, 0.05) is 34.9 Å². The molecule has 130 valence electrons. The Morgan fingerprint density at radius 1 is 1.19 bits per heavy atom. The summed E-state index contributed by atoms with van der Waals surface area (Å²) in [5.41, 5.74) is 4.64. The lowest BCUT2D eigenvalue weighted by atomic mass is 10.1. The summed E-state index contributed by atoms with van der Waals surface area (Å²) < 4.78 is 1.59. The zero-order chi connectivity index (χ0) is 18.1. The van der Waals surface area contributed by atoms with E-state index in [0.717, 1.165) is 27.7 Å². The number of aromatic nitrogens is 5. The number of nitrogens with one attached hydrogen (secondary N) is 2. The van der Waals surface area contributed by atoms with Crippen molar-refractivity contribution >= 4 is 22.5 Å². The predicted octanol–water partition coefficient (Wildman–Crippen LogP) is 2.85. The number of anilines is 1. The summed E-state index contributed by atoms with van der Waals surface area (Å²) in [6.07, 6.45) is 0.311. The Balaban J connectivity index is 1.55. The van der Waals surface area contributed by atoms with Crippen molar-refractivity contribution in [2.75, 3.05) is 5.32 Å². The molecule has 0 spiro atoms. The van der Waals surface area contributed by atoms with Crippen LogP contribution in [0.3, 0.4) is 0 Å². The van der Waals surface area contributed by atoms with E-state index in [2.05, 4.69) is 25.8 Å². The molecule has 0 fully saturated rings. The number of tetrazole rings is 1. The van der Waals surface area contributed by atoms with Crippen molar-refractivity contribution < 1.29 is 4.79 Å². The van der Waals surface area contributed by atoms with Crippen LogP contribution in [0, 0.1) is 6.92 Å². The molecule has 0 radical (unpaired) electrons. The molecule has 2 heterocycles. The summed E-state index contributed by atoms with van der Waals surface area (Å²) in [7, 11) is 1.78. The number of hydrogen-bond acceptors (Lipinski definition) is 4. The minimum absolute atomic E-state index is 0.0638. The molecule has 0 saturated carbocycles. The first-order valence-corrected chi connectivity index (χ1v) is 8.30. The van der Waals surface area contributed by atoms with E-state index in [1.54, 1.807) is 11.7 Å². The highest BCUT2D eigenvalue weighted by Crippen LogP contribution is 2.23. The molecule has 0 aliphatic rings. The van der Waals surface area contributed by atoms with Gasteiger partial charge in [0.05, 0.1) is 6.42 Å². The van der Waals surface area contributed by atoms with Crippen LogP contribution in [0.25, 0.3) is 22.3 Å². The summed E-state index contributed by atoms with van der Waals surface area (Å²) in [6, 6.07) is 15.5. The molecule has 7 heteroatoms. The van der Waals surface area contributed by atoms with E-state index in [-0.39, 0.29) is 5.91 Å². The monoisotopic (exact) mass is 346 g/mol. The van der Waals surface area contributed by atoms with Gasteiger partial charge in [0.25, 0.3) is 0 Å². The van der Waals surface area contributed by atoms with Crippen molar-refractivity contribution in [3.63, 3.8) is 0 Å². The molecule has 0 atom stereocenters. The molecule has 1 amide bonds. The Morgan fingerprint density at radius 3 is 2.85 bits per heavy atom. The molecule has 26 heavy (non-hydrogen) atoms. The Labute approximate surface area is 150 Å². The maximum absolute atomic E-state index is 12.6. The molecular weight excluding hydrogens is 328 g/mol. The highest BCUT2D eigenvalue weighted by molar-refractivity contribution is 5.96. The van der Waals surface area contributed by atoms with Crippen LogP contribution in [0.1, 0.15) is 11.3 Å². The average molecular weight is 346 g/mol. The van der Waals surface area contributed by atoms with Gasteiger partial charge in [-0.05, 0) is 41.1 Å². The molecular formula is C19H18N6O. The zero-order valence-electron chi connectivity index (χ0n) is 14.5. The summed E-state index contributed by atoms with van der Waals surface area (Å²) >= 11 is 0. The first kappa shape index (κ1) is 16.0. The van der Waals surface area contributed by atoms with Crippen molar-refractivity contribution in [2.45, 2.75) is 13.3 Å². The minimum atomic E-state index is -0.0638. The van der Waals surface area contributed by atoms with Crippen molar-refractivity contribution in [2.24, 2.45) is 7.05 Å². The van der Waals surface area contributed by atoms with Crippen LogP contribution in [-0.2, 0) is 18.3 Å². The van der Waals surface area contributed by atoms with Gasteiger partial charge < -0.3 is 10.3 Å². The van der Waals surface area contributed by atoms with E-state index in [4.69, 9.17) is 0 Å². The quantitative estimate of drug-likeness (QED) is 0.595. The second-order valence-corrected chi connectivity index (χ2v) is 6.21. The van der Waals surface area contributed by atoms with Crippen LogP contribution >= 0.6 is 0 Å². The number of aryl methyl sites for hydroxylation is 2. The summed E-state index contributed by atoms with van der Waals surface area (Å²) in [6.45, 7) is 1.99. The first-order valence-electron chi connectivity index (χ1n) is 8.30. The maximum atomic E-state index is 12.6. The van der Waals surface area contributed by atoms with Crippen molar-refractivity contribution in [1.29, 1.82) is 0 Å². The predicted molar refractivity (Wildman–Crippen MR) is 99.6 cm³/mol. The second-order valence-electron chi connectivity index (χ2n) is 6.21. The number of hydrogen-bond donors (Lipinski definition) is 2. The Hall–Kier alpha value is -3.48. The minimum Gasteiger partial charge on any atom is -0.358 e. The normalized spacial score (nSPS) is 11.0. The third-order valence-electron chi connectivity index (χ3n) is 4.39. The second kappa shape index (κ2) is 6.44. The van der Waals surface area contributed by atoms with Crippen molar-refractivity contribution in [3.05, 3.63) is 59.8 Å². The third kappa shape index (κ3) is 2.95. The lowest BCUT2D eigenvalue weighted by Gasteiger charge is -2.07. The van der Waals surface area contributed by atoms with Gasteiger partial charge in [-0.25, -0.2) is 4.68 Å². The summed E-state index contributed by atoms with van der Waals surface area (Å²) in [5.74, 6) is 0.583. The standard InChI is InChI=1S/C19H18N6O/c1-12-16(15-8-3-4-9-17(15)20-12)11-18(26)21-14-7-5-6-13(10-14)19-22-23-24-25(19)2/h3-10,20H,11H2,1-2H3,(H,21,26). The fraction of sp³-hybridized carbons (Fsp3) is 0.158. The van der Waals surface area contributed by atoms with Gasteiger partial charge in [-0.3, -0.25) is 4.79 Å². The first-order chi connectivity index (χ1) is 12.6. The Bertz CT molecular complexity index is 1090. The molecule has 2 N–H and O–H groups in total. The Morgan fingerprint density at radius 2 is 2.04 bits per heavy atom. The molecule has 0 aliphatic heterocycles. The molecule has 4 aromatic rings. The lowest BCUT2D eigenvalue weighted by molar-refractivity contribution is -0.115. The summed E-state index contributed by atoms with van der Waals surface area (Å²) in [4.78, 5) is 15.9. The van der Waals surface area contributed by atoms with Crippen LogP contribution in [0.15, 0.2) is 48.5 Å². The van der Waals surface area contributed by atoms with Gasteiger partial charge in [-0.2, -0.15) is 0 Å². The van der Waals surface area contributed by atoms with E-state index in [1.165, 1.54) is 0 Å². The SMILES string of the molecule is Cc1[nH]c2ccccc2c1CC(=O)Nc1cccc(-c2nnnn2C)c1.